The number of benzene rings is 2. The van der Waals surface area contributed by atoms with Crippen LogP contribution in [0.15, 0.2) is 82.3 Å². The number of nitrogens with two attached hydrogens (primary N) is 1. The van der Waals surface area contributed by atoms with E-state index in [0.29, 0.717) is 19.5 Å². The second-order valence-corrected chi connectivity index (χ2v) is 8.27. The van der Waals surface area contributed by atoms with E-state index in [-0.39, 0.29) is 11.7 Å². The third kappa shape index (κ3) is 6.53. The van der Waals surface area contributed by atoms with Crippen molar-refractivity contribution in [2.75, 3.05) is 13.2 Å². The summed E-state index contributed by atoms with van der Waals surface area (Å²) in [7, 11) is -4.08. The monoisotopic (exact) mass is 442 g/mol. The first-order chi connectivity index (χ1) is 14.8. The van der Waals surface area contributed by atoms with Crippen molar-refractivity contribution in [2.45, 2.75) is 18.1 Å². The summed E-state index contributed by atoms with van der Waals surface area (Å²) in [5.74, 6) is -1.69. The Bertz CT molecular complexity index is 1130. The lowest BCUT2D eigenvalue weighted by Gasteiger charge is -2.23. The van der Waals surface area contributed by atoms with Crippen LogP contribution in [-0.4, -0.2) is 38.3 Å². The van der Waals surface area contributed by atoms with Gasteiger partial charge in [0, 0.05) is 13.1 Å². The van der Waals surface area contributed by atoms with Crippen LogP contribution in [-0.2, 0) is 32.5 Å². The molecule has 1 aromatic heterocycles. The Balaban J connectivity index is 1.64. The number of ether oxygens (including phenoxy) is 1. The zero-order valence-electron chi connectivity index (χ0n) is 16.6. The number of hydrogen-bond acceptors (Lipinski definition) is 6. The molecule has 0 unspecified atom stereocenters. The topological polar surface area (TPSA) is 120 Å². The first kappa shape index (κ1) is 22.3. The van der Waals surface area contributed by atoms with E-state index >= 15 is 0 Å². The van der Waals surface area contributed by atoms with Gasteiger partial charge in [-0.1, -0.05) is 60.7 Å². The molecule has 0 aliphatic heterocycles. The van der Waals surface area contributed by atoms with Crippen LogP contribution < -0.4 is 5.14 Å². The van der Waals surface area contributed by atoms with Crippen molar-refractivity contribution in [3.05, 3.63) is 89.7 Å². The van der Waals surface area contributed by atoms with Crippen molar-refractivity contribution in [1.82, 2.24) is 4.90 Å². The van der Waals surface area contributed by atoms with Gasteiger partial charge in [0.2, 0.25) is 10.9 Å². The molecule has 1 amide bonds. The third-order valence-electron chi connectivity index (χ3n) is 4.47. The van der Waals surface area contributed by atoms with Gasteiger partial charge in [-0.05, 0) is 29.7 Å². The zero-order chi connectivity index (χ0) is 22.3. The summed E-state index contributed by atoms with van der Waals surface area (Å²) in [5.41, 5.74) is 2.02. The smallest absolute Gasteiger partial charge is 0.374 e. The number of amides is 1. The van der Waals surface area contributed by atoms with Gasteiger partial charge in [0.15, 0.2) is 6.61 Å². The van der Waals surface area contributed by atoms with Gasteiger partial charge in [0.1, 0.15) is 0 Å². The van der Waals surface area contributed by atoms with Crippen LogP contribution >= 0.6 is 0 Å². The normalized spacial score (nSPS) is 11.1. The number of primary sulfonamides is 1. The fourth-order valence-electron chi connectivity index (χ4n) is 2.88. The Morgan fingerprint density at radius 1 is 0.903 bits per heavy atom. The van der Waals surface area contributed by atoms with Crippen LogP contribution in [0.3, 0.4) is 0 Å². The molecule has 162 valence electrons. The molecule has 31 heavy (non-hydrogen) atoms. The molecular formula is C22H22N2O6S. The molecule has 0 saturated heterocycles. The predicted molar refractivity (Wildman–Crippen MR) is 112 cm³/mol. The lowest BCUT2D eigenvalue weighted by atomic mass is 10.1. The zero-order valence-corrected chi connectivity index (χ0v) is 17.5. The second-order valence-electron chi connectivity index (χ2n) is 6.78. The van der Waals surface area contributed by atoms with Crippen molar-refractivity contribution < 1.29 is 27.2 Å². The van der Waals surface area contributed by atoms with Crippen LogP contribution in [0, 0.1) is 0 Å². The Hall–Kier alpha value is -3.43. The predicted octanol–water partition coefficient (Wildman–Crippen LogP) is 2.36. The highest BCUT2D eigenvalue weighted by atomic mass is 32.2. The highest BCUT2D eigenvalue weighted by molar-refractivity contribution is 7.89. The highest BCUT2D eigenvalue weighted by Crippen LogP contribution is 2.14. The Morgan fingerprint density at radius 3 is 2.10 bits per heavy atom. The van der Waals surface area contributed by atoms with Gasteiger partial charge < -0.3 is 14.1 Å². The minimum Gasteiger partial charge on any atom is -0.450 e. The van der Waals surface area contributed by atoms with Gasteiger partial charge in [0.25, 0.3) is 15.9 Å². The van der Waals surface area contributed by atoms with Gasteiger partial charge in [0.05, 0.1) is 0 Å². The van der Waals surface area contributed by atoms with E-state index in [2.05, 4.69) is 0 Å². The number of esters is 1. The number of carbonyl (C=O) groups is 2. The Morgan fingerprint density at radius 2 is 1.52 bits per heavy atom. The van der Waals surface area contributed by atoms with E-state index in [9.17, 15) is 18.0 Å². The van der Waals surface area contributed by atoms with Crippen molar-refractivity contribution in [1.29, 1.82) is 0 Å². The molecular weight excluding hydrogens is 420 g/mol. The lowest BCUT2D eigenvalue weighted by Crippen LogP contribution is -2.35. The Kier molecular flexibility index (Phi) is 7.22. The number of carbonyl (C=O) groups excluding carboxylic acids is 2. The molecule has 2 aromatic carbocycles. The molecule has 3 rings (SSSR count). The van der Waals surface area contributed by atoms with Crippen LogP contribution in [0.4, 0.5) is 0 Å². The fraction of sp³-hybridized carbons (Fsp3) is 0.182. The van der Waals surface area contributed by atoms with Crippen LogP contribution in [0.5, 0.6) is 0 Å². The molecule has 1 heterocycles. The maximum atomic E-state index is 12.8. The van der Waals surface area contributed by atoms with Crippen LogP contribution in [0.25, 0.3) is 0 Å². The van der Waals surface area contributed by atoms with Crippen molar-refractivity contribution in [2.24, 2.45) is 5.14 Å². The average Bonchev–Trinajstić information content (AvgIpc) is 3.27. The summed E-state index contributed by atoms with van der Waals surface area (Å²) < 4.78 is 32.4. The molecule has 0 spiro atoms. The molecule has 9 heteroatoms. The summed E-state index contributed by atoms with van der Waals surface area (Å²) >= 11 is 0. The minimum atomic E-state index is -4.08. The molecule has 0 atom stereocenters. The number of nitrogens with zero attached hydrogens (tertiary/aromatic N) is 1. The average molecular weight is 442 g/mol. The summed E-state index contributed by atoms with van der Waals surface area (Å²) in [6, 6.07) is 21.4. The standard InChI is InChI=1S/C22H22N2O6S/c23-31(27,28)21-12-11-19(30-21)22(26)29-16-20(25)24(15-18-9-5-2-6-10-18)14-13-17-7-3-1-4-8-17/h1-12H,13-16H2,(H2,23,27,28). The summed E-state index contributed by atoms with van der Waals surface area (Å²) in [5, 5.41) is 4.40. The molecule has 0 radical (unpaired) electrons. The SMILES string of the molecule is NS(=O)(=O)c1ccc(C(=O)OCC(=O)N(CCc2ccccc2)Cc2ccccc2)o1. The molecule has 0 bridgehead atoms. The molecule has 0 saturated carbocycles. The van der Waals surface area contributed by atoms with E-state index in [0.717, 1.165) is 23.3 Å². The quantitative estimate of drug-likeness (QED) is 0.508. The summed E-state index contributed by atoms with van der Waals surface area (Å²) in [6.45, 7) is 0.290. The first-order valence-electron chi connectivity index (χ1n) is 9.48. The Labute approximate surface area is 180 Å². The largest absolute Gasteiger partial charge is 0.450 e. The van der Waals surface area contributed by atoms with Crippen LogP contribution in [0.1, 0.15) is 21.7 Å². The van der Waals surface area contributed by atoms with E-state index in [1.54, 1.807) is 4.90 Å². The van der Waals surface area contributed by atoms with Crippen LogP contribution in [0.2, 0.25) is 0 Å². The van der Waals surface area contributed by atoms with Gasteiger partial charge in [-0.3, -0.25) is 4.79 Å². The number of rotatable bonds is 9. The summed E-state index contributed by atoms with van der Waals surface area (Å²) in [4.78, 5) is 26.5. The molecule has 0 fully saturated rings. The molecule has 8 nitrogen and oxygen atoms in total. The van der Waals surface area contributed by atoms with E-state index < -0.39 is 27.7 Å². The molecule has 0 aliphatic rings. The molecule has 0 aliphatic carbocycles. The van der Waals surface area contributed by atoms with Crippen molar-refractivity contribution >= 4 is 21.9 Å². The van der Waals surface area contributed by atoms with Gasteiger partial charge in [-0.25, -0.2) is 18.4 Å². The van der Waals surface area contributed by atoms with E-state index in [1.807, 2.05) is 60.7 Å². The lowest BCUT2D eigenvalue weighted by molar-refractivity contribution is -0.135. The molecule has 3 aromatic rings. The third-order valence-corrected chi connectivity index (χ3v) is 5.25. The highest BCUT2D eigenvalue weighted by Gasteiger charge is 2.21. The number of sulfonamides is 1. The summed E-state index contributed by atoms with van der Waals surface area (Å²) in [6.07, 6.45) is 0.642. The van der Waals surface area contributed by atoms with Gasteiger partial charge >= 0.3 is 5.97 Å². The minimum absolute atomic E-state index is 0.351. The second kappa shape index (κ2) is 10.1. The first-order valence-corrected chi connectivity index (χ1v) is 11.0. The fourth-order valence-corrected chi connectivity index (χ4v) is 3.34. The van der Waals surface area contributed by atoms with Crippen molar-refractivity contribution in [3.63, 3.8) is 0 Å². The van der Waals surface area contributed by atoms with Gasteiger partial charge in [-0.2, -0.15) is 0 Å². The number of furan rings is 1. The maximum absolute atomic E-state index is 12.8. The molecule has 2 N–H and O–H groups in total. The van der Waals surface area contributed by atoms with Gasteiger partial charge in [-0.15, -0.1) is 0 Å². The number of hydrogen-bond donors (Lipinski definition) is 1. The van der Waals surface area contributed by atoms with Crippen molar-refractivity contribution in [3.8, 4) is 0 Å². The maximum Gasteiger partial charge on any atom is 0.374 e. The van der Waals surface area contributed by atoms with E-state index in [1.165, 1.54) is 0 Å². The van der Waals surface area contributed by atoms with E-state index in [4.69, 9.17) is 14.3 Å².